The summed E-state index contributed by atoms with van der Waals surface area (Å²) in [4.78, 5) is 9.08. The van der Waals surface area contributed by atoms with Gasteiger partial charge in [-0.3, -0.25) is 0 Å². The van der Waals surface area contributed by atoms with Gasteiger partial charge in [0.1, 0.15) is 5.82 Å². The van der Waals surface area contributed by atoms with Gasteiger partial charge in [0, 0.05) is 38.4 Å². The molecular formula is C11H21N5. The van der Waals surface area contributed by atoms with Crippen LogP contribution in [0.15, 0.2) is 6.20 Å². The fourth-order valence-electron chi connectivity index (χ4n) is 2.02. The van der Waals surface area contributed by atoms with Crippen LogP contribution in [-0.2, 0) is 0 Å². The van der Waals surface area contributed by atoms with Crippen LogP contribution >= 0.6 is 0 Å². The van der Waals surface area contributed by atoms with Crippen molar-refractivity contribution in [3.63, 3.8) is 0 Å². The second-order valence-electron chi connectivity index (χ2n) is 4.76. The number of anilines is 2. The van der Waals surface area contributed by atoms with E-state index in [-0.39, 0.29) is 0 Å². The van der Waals surface area contributed by atoms with Crippen LogP contribution < -0.4 is 10.6 Å². The lowest BCUT2D eigenvalue weighted by Gasteiger charge is -2.33. The predicted molar refractivity (Wildman–Crippen MR) is 66.7 cm³/mol. The average Bonchev–Trinajstić information content (AvgIpc) is 2.61. The second kappa shape index (κ2) is 4.33. The van der Waals surface area contributed by atoms with E-state index in [0.717, 1.165) is 32.1 Å². The molecule has 0 unspecified atom stereocenters. The lowest BCUT2D eigenvalue weighted by atomic mass is 10.3. The molecule has 0 saturated carbocycles. The first-order valence-electron chi connectivity index (χ1n) is 5.86. The minimum absolute atomic E-state index is 0.402. The van der Waals surface area contributed by atoms with Crippen molar-refractivity contribution >= 4 is 11.8 Å². The highest BCUT2D eigenvalue weighted by molar-refractivity contribution is 5.42. The smallest absolute Gasteiger partial charge is 0.207 e. The fourth-order valence-corrected chi connectivity index (χ4v) is 2.02. The van der Waals surface area contributed by atoms with Crippen LogP contribution in [0.2, 0.25) is 0 Å². The topological polar surface area (TPSA) is 50.3 Å². The summed E-state index contributed by atoms with van der Waals surface area (Å²) in [5, 5.41) is 0. The Morgan fingerprint density at radius 3 is 2.44 bits per heavy atom. The lowest BCUT2D eigenvalue weighted by Crippen LogP contribution is -2.45. The van der Waals surface area contributed by atoms with Gasteiger partial charge in [-0.15, -0.1) is 0 Å². The third-order valence-corrected chi connectivity index (χ3v) is 3.07. The van der Waals surface area contributed by atoms with Gasteiger partial charge in [-0.2, -0.15) is 4.98 Å². The van der Waals surface area contributed by atoms with Gasteiger partial charge in [0.2, 0.25) is 5.95 Å². The molecule has 2 rings (SSSR count). The molecule has 0 bridgehead atoms. The number of rotatable bonds is 2. The third-order valence-electron chi connectivity index (χ3n) is 3.07. The van der Waals surface area contributed by atoms with Crippen molar-refractivity contribution in [3.8, 4) is 0 Å². The Balaban J connectivity index is 2.19. The van der Waals surface area contributed by atoms with E-state index in [2.05, 4.69) is 40.2 Å². The first-order chi connectivity index (χ1) is 7.58. The van der Waals surface area contributed by atoms with Crippen LogP contribution in [0.25, 0.3) is 0 Å². The van der Waals surface area contributed by atoms with Crippen molar-refractivity contribution in [1.29, 1.82) is 0 Å². The molecule has 16 heavy (non-hydrogen) atoms. The number of hydrogen-bond donors (Lipinski definition) is 1. The monoisotopic (exact) mass is 223 g/mol. The van der Waals surface area contributed by atoms with Gasteiger partial charge < -0.3 is 20.1 Å². The summed E-state index contributed by atoms with van der Waals surface area (Å²) >= 11 is 0. The molecule has 1 aliphatic rings. The molecule has 1 fully saturated rings. The summed E-state index contributed by atoms with van der Waals surface area (Å²) in [6, 6.07) is 0.402. The lowest BCUT2D eigenvalue weighted by molar-refractivity contribution is 0.309. The molecule has 90 valence electrons. The Kier molecular flexibility index (Phi) is 3.05. The number of nitrogens with two attached hydrogens (primary N) is 1. The van der Waals surface area contributed by atoms with Gasteiger partial charge >= 0.3 is 0 Å². The van der Waals surface area contributed by atoms with E-state index in [9.17, 15) is 0 Å². The van der Waals surface area contributed by atoms with E-state index >= 15 is 0 Å². The maximum absolute atomic E-state index is 5.78. The Bertz CT molecular complexity index is 349. The maximum Gasteiger partial charge on any atom is 0.207 e. The molecule has 0 atom stereocenters. The highest BCUT2D eigenvalue weighted by Crippen LogP contribution is 2.21. The van der Waals surface area contributed by atoms with Crippen LogP contribution in [0.1, 0.15) is 19.9 Å². The molecule has 0 spiro atoms. The first kappa shape index (κ1) is 11.3. The van der Waals surface area contributed by atoms with Gasteiger partial charge in [0.05, 0.1) is 0 Å². The zero-order chi connectivity index (χ0) is 11.7. The Morgan fingerprint density at radius 2 is 1.88 bits per heavy atom. The molecule has 1 aliphatic heterocycles. The quantitative estimate of drug-likeness (QED) is 0.805. The number of aromatic nitrogens is 2. The van der Waals surface area contributed by atoms with Crippen molar-refractivity contribution in [1.82, 2.24) is 14.5 Å². The molecule has 0 amide bonds. The fraction of sp³-hybridized carbons (Fsp3) is 0.727. The largest absolute Gasteiger partial charge is 0.382 e. The van der Waals surface area contributed by atoms with E-state index in [1.165, 1.54) is 0 Å². The molecule has 0 aliphatic carbocycles. The molecule has 0 radical (unpaired) electrons. The molecule has 0 aromatic carbocycles. The average molecular weight is 223 g/mol. The number of hydrogen-bond acceptors (Lipinski definition) is 4. The van der Waals surface area contributed by atoms with Gasteiger partial charge in [-0.1, -0.05) is 0 Å². The van der Waals surface area contributed by atoms with Crippen LogP contribution in [0.4, 0.5) is 11.8 Å². The number of nitrogen functional groups attached to an aromatic ring is 1. The zero-order valence-electron chi connectivity index (χ0n) is 10.3. The molecule has 2 heterocycles. The number of likely N-dealkylation sites (N-methyl/N-ethyl adjacent to an activating group) is 1. The maximum atomic E-state index is 5.78. The van der Waals surface area contributed by atoms with Crippen LogP contribution in [0.3, 0.4) is 0 Å². The second-order valence-corrected chi connectivity index (χ2v) is 4.76. The van der Waals surface area contributed by atoms with Crippen LogP contribution in [-0.4, -0.2) is 47.7 Å². The zero-order valence-corrected chi connectivity index (χ0v) is 10.3. The van der Waals surface area contributed by atoms with Gasteiger partial charge in [0.25, 0.3) is 0 Å². The standard InChI is InChI=1S/C11H21N5/c1-9(2)16-8-10(12)13-11(16)15-6-4-14(3)5-7-15/h8-9H,4-7,12H2,1-3H3. The first-order valence-corrected chi connectivity index (χ1v) is 5.86. The van der Waals surface area contributed by atoms with E-state index in [1.54, 1.807) is 0 Å². The minimum Gasteiger partial charge on any atom is -0.382 e. The van der Waals surface area contributed by atoms with Crippen molar-refractivity contribution in [2.24, 2.45) is 0 Å². The summed E-state index contributed by atoms with van der Waals surface area (Å²) < 4.78 is 2.15. The summed E-state index contributed by atoms with van der Waals surface area (Å²) in [6.45, 7) is 8.54. The Morgan fingerprint density at radius 1 is 1.25 bits per heavy atom. The van der Waals surface area contributed by atoms with Gasteiger partial charge in [-0.05, 0) is 20.9 Å². The summed E-state index contributed by atoms with van der Waals surface area (Å²) in [5.74, 6) is 1.63. The van der Waals surface area contributed by atoms with E-state index in [1.807, 2.05) is 6.20 Å². The van der Waals surface area contributed by atoms with Crippen molar-refractivity contribution < 1.29 is 0 Å². The van der Waals surface area contributed by atoms with Crippen LogP contribution in [0, 0.1) is 0 Å². The Hall–Kier alpha value is -1.23. The van der Waals surface area contributed by atoms with Gasteiger partial charge in [0.15, 0.2) is 0 Å². The molecular weight excluding hydrogens is 202 g/mol. The van der Waals surface area contributed by atoms with Crippen molar-refractivity contribution in [2.75, 3.05) is 43.9 Å². The summed E-state index contributed by atoms with van der Waals surface area (Å²) in [6.07, 6.45) is 1.93. The Labute approximate surface area is 96.8 Å². The normalized spacial score (nSPS) is 18.4. The highest BCUT2D eigenvalue weighted by atomic mass is 15.4. The van der Waals surface area contributed by atoms with Gasteiger partial charge in [-0.25, -0.2) is 0 Å². The summed E-state index contributed by atoms with van der Waals surface area (Å²) in [5.41, 5.74) is 5.78. The third kappa shape index (κ3) is 2.14. The van der Waals surface area contributed by atoms with Crippen molar-refractivity contribution in [3.05, 3.63) is 6.20 Å². The van der Waals surface area contributed by atoms with E-state index < -0.39 is 0 Å². The number of piperazine rings is 1. The summed E-state index contributed by atoms with van der Waals surface area (Å²) in [7, 11) is 2.15. The minimum atomic E-state index is 0.402. The molecule has 1 aromatic rings. The molecule has 1 saturated heterocycles. The van der Waals surface area contributed by atoms with Crippen LogP contribution in [0.5, 0.6) is 0 Å². The molecule has 5 nitrogen and oxygen atoms in total. The number of imidazole rings is 1. The molecule has 1 aromatic heterocycles. The number of nitrogens with zero attached hydrogens (tertiary/aromatic N) is 4. The predicted octanol–water partition coefficient (Wildman–Crippen LogP) is 0.798. The SMILES string of the molecule is CC(C)n1cc(N)nc1N1CCN(C)CC1. The highest BCUT2D eigenvalue weighted by Gasteiger charge is 2.20. The molecule has 5 heteroatoms. The molecule has 2 N–H and O–H groups in total. The van der Waals surface area contributed by atoms with E-state index in [0.29, 0.717) is 11.9 Å². The van der Waals surface area contributed by atoms with E-state index in [4.69, 9.17) is 5.73 Å². The van der Waals surface area contributed by atoms with Crippen molar-refractivity contribution in [2.45, 2.75) is 19.9 Å².